The predicted molar refractivity (Wildman–Crippen MR) is 231 cm³/mol. The van der Waals surface area contributed by atoms with Gasteiger partial charge in [0.2, 0.25) is 0 Å². The Kier molecular flexibility index (Phi) is 6.56. The van der Waals surface area contributed by atoms with Gasteiger partial charge in [-0.1, -0.05) is 152 Å². The molecule has 0 aliphatic heterocycles. The zero-order chi connectivity index (χ0) is 36.7. The minimum Gasteiger partial charge on any atom is -0.308 e. The van der Waals surface area contributed by atoms with E-state index in [9.17, 15) is 0 Å². The van der Waals surface area contributed by atoms with Crippen LogP contribution in [0.1, 0.15) is 0 Å². The van der Waals surface area contributed by atoms with E-state index in [2.05, 4.69) is 185 Å². The summed E-state index contributed by atoms with van der Waals surface area (Å²) >= 11 is 0. The molecule has 8 aromatic carbocycles. The number of hydrogen-bond donors (Lipinski definition) is 0. The third kappa shape index (κ3) is 4.46. The molecule has 0 fully saturated rings. The van der Waals surface area contributed by atoms with E-state index in [1.54, 1.807) is 0 Å². The average molecular weight is 714 g/mol. The molecule has 12 rings (SSSR count). The Morgan fingerprint density at radius 1 is 0.357 bits per heavy atom. The lowest BCUT2D eigenvalue weighted by molar-refractivity contribution is 1.18. The molecule has 0 aliphatic carbocycles. The highest BCUT2D eigenvalue weighted by atomic mass is 15.0. The lowest BCUT2D eigenvalue weighted by Crippen LogP contribution is -2.01. The van der Waals surface area contributed by atoms with Crippen LogP contribution in [0.5, 0.6) is 0 Å². The third-order valence-corrected chi connectivity index (χ3v) is 11.2. The Morgan fingerprint density at radius 2 is 0.893 bits per heavy atom. The fourth-order valence-corrected chi connectivity index (χ4v) is 8.82. The van der Waals surface area contributed by atoms with Gasteiger partial charge < -0.3 is 4.57 Å². The second-order valence-corrected chi connectivity index (χ2v) is 14.4. The highest BCUT2D eigenvalue weighted by molar-refractivity contribution is 6.30. The van der Waals surface area contributed by atoms with Crippen molar-refractivity contribution in [2.45, 2.75) is 0 Å². The number of fused-ring (bicyclic) bond motifs is 4. The quantitative estimate of drug-likeness (QED) is 0.178. The summed E-state index contributed by atoms with van der Waals surface area (Å²) < 4.78 is 4.82. The standard InChI is InChI=1S/C51H31N5/c1-5-16-32(17-6-1)38-30-40-41(53-49(34-20-9-3-10-21-34)48(52-40)33-18-7-2-8-19-33)31-45(38)55-43-27-15-25-37-36-24-13-14-26-42(36)56-50-39(28-29-44(55)47(50)46(37)43)54-51(56)35-22-11-4-12-23-35/h1-31H. The summed E-state index contributed by atoms with van der Waals surface area (Å²) in [4.78, 5) is 16.2. The number of rotatable bonds is 5. The molecule has 4 heterocycles. The second-order valence-electron chi connectivity index (χ2n) is 14.4. The second kappa shape index (κ2) is 11.9. The maximum Gasteiger partial charge on any atom is 0.145 e. The van der Waals surface area contributed by atoms with Crippen molar-refractivity contribution < 1.29 is 0 Å². The van der Waals surface area contributed by atoms with E-state index in [4.69, 9.17) is 15.0 Å². The Morgan fingerprint density at radius 3 is 1.57 bits per heavy atom. The average Bonchev–Trinajstić information content (AvgIpc) is 3.79. The molecule has 4 aromatic heterocycles. The highest BCUT2D eigenvalue weighted by Gasteiger charge is 2.25. The number of aromatic nitrogens is 5. The molecule has 56 heavy (non-hydrogen) atoms. The van der Waals surface area contributed by atoms with E-state index in [0.29, 0.717) is 0 Å². The molecule has 5 nitrogen and oxygen atoms in total. The van der Waals surface area contributed by atoms with Crippen molar-refractivity contribution in [3.05, 3.63) is 188 Å². The smallest absolute Gasteiger partial charge is 0.145 e. The third-order valence-electron chi connectivity index (χ3n) is 11.2. The van der Waals surface area contributed by atoms with E-state index in [-0.39, 0.29) is 0 Å². The maximum absolute atomic E-state index is 5.46. The minimum absolute atomic E-state index is 0.833. The minimum atomic E-state index is 0.833. The molecule has 0 saturated heterocycles. The molecule has 12 aromatic rings. The molecular formula is C51H31N5. The summed E-state index contributed by atoms with van der Waals surface area (Å²) in [5, 5.41) is 4.79. The highest BCUT2D eigenvalue weighted by Crippen LogP contribution is 2.45. The van der Waals surface area contributed by atoms with Crippen molar-refractivity contribution >= 4 is 60.2 Å². The van der Waals surface area contributed by atoms with Crippen LogP contribution in [0.25, 0.3) is 111 Å². The molecule has 0 N–H and O–H groups in total. The number of para-hydroxylation sites is 1. The first-order valence-electron chi connectivity index (χ1n) is 19.0. The Balaban J connectivity index is 1.24. The van der Waals surface area contributed by atoms with Gasteiger partial charge in [-0.2, -0.15) is 0 Å². The number of hydrogen-bond acceptors (Lipinski definition) is 3. The summed E-state index contributed by atoms with van der Waals surface area (Å²) in [6.07, 6.45) is 0. The van der Waals surface area contributed by atoms with Crippen molar-refractivity contribution in [2.75, 3.05) is 0 Å². The van der Waals surface area contributed by atoms with Crippen LogP contribution in [0.15, 0.2) is 188 Å². The first-order valence-corrected chi connectivity index (χ1v) is 19.0. The van der Waals surface area contributed by atoms with Crippen molar-refractivity contribution in [3.63, 3.8) is 0 Å². The van der Waals surface area contributed by atoms with Gasteiger partial charge >= 0.3 is 0 Å². The Hall–Kier alpha value is -7.63. The SMILES string of the molecule is c1ccc(-c2cc3nc(-c4ccccc4)c(-c4ccccc4)nc3cc2-n2c3cccc4c5ccccc5n5c(-c6ccccc6)nc6ccc2c(c43)c65)cc1. The van der Waals surface area contributed by atoms with Gasteiger partial charge in [-0.15, -0.1) is 0 Å². The monoisotopic (exact) mass is 713 g/mol. The van der Waals surface area contributed by atoms with Crippen LogP contribution >= 0.6 is 0 Å². The molecule has 0 atom stereocenters. The van der Waals surface area contributed by atoms with Gasteiger partial charge in [0.05, 0.1) is 55.7 Å². The molecule has 5 heteroatoms. The van der Waals surface area contributed by atoms with Gasteiger partial charge in [0, 0.05) is 38.4 Å². The molecular weight excluding hydrogens is 683 g/mol. The molecule has 260 valence electrons. The zero-order valence-electron chi connectivity index (χ0n) is 30.1. The summed E-state index contributed by atoms with van der Waals surface area (Å²) in [5.41, 5.74) is 15.2. The molecule has 0 aliphatic rings. The van der Waals surface area contributed by atoms with E-state index in [1.807, 2.05) is 12.1 Å². The predicted octanol–water partition coefficient (Wildman–Crippen LogP) is 12.8. The van der Waals surface area contributed by atoms with Crippen LogP contribution in [0.4, 0.5) is 0 Å². The molecule has 0 radical (unpaired) electrons. The number of benzene rings is 8. The maximum atomic E-state index is 5.46. The lowest BCUT2D eigenvalue weighted by Gasteiger charge is -2.17. The summed E-state index contributed by atoms with van der Waals surface area (Å²) in [6, 6.07) is 66.4. The normalized spacial score (nSPS) is 11.9. The van der Waals surface area contributed by atoms with Gasteiger partial charge in [0.25, 0.3) is 0 Å². The molecule has 0 spiro atoms. The van der Waals surface area contributed by atoms with Crippen LogP contribution in [0.3, 0.4) is 0 Å². The van der Waals surface area contributed by atoms with Crippen molar-refractivity contribution in [1.82, 2.24) is 23.9 Å². The molecule has 0 bridgehead atoms. The number of nitrogens with zero attached hydrogens (tertiary/aromatic N) is 5. The van der Waals surface area contributed by atoms with E-state index in [1.165, 1.54) is 21.5 Å². The van der Waals surface area contributed by atoms with Crippen molar-refractivity contribution in [2.24, 2.45) is 0 Å². The molecule has 0 saturated carbocycles. The van der Waals surface area contributed by atoms with Crippen LogP contribution in [0, 0.1) is 0 Å². The van der Waals surface area contributed by atoms with Gasteiger partial charge in [-0.25, -0.2) is 15.0 Å². The van der Waals surface area contributed by atoms with Gasteiger partial charge in [-0.3, -0.25) is 4.40 Å². The van der Waals surface area contributed by atoms with Gasteiger partial charge in [0.1, 0.15) is 5.82 Å². The Bertz CT molecular complexity index is 3440. The molecule has 0 amide bonds. The van der Waals surface area contributed by atoms with Gasteiger partial charge in [-0.05, 0) is 47.3 Å². The van der Waals surface area contributed by atoms with Crippen molar-refractivity contribution in [3.8, 4) is 50.7 Å². The lowest BCUT2D eigenvalue weighted by atomic mass is 10.00. The van der Waals surface area contributed by atoms with E-state index >= 15 is 0 Å². The summed E-state index contributed by atoms with van der Waals surface area (Å²) in [7, 11) is 0. The molecule has 0 unspecified atom stereocenters. The first kappa shape index (κ1) is 30.8. The van der Waals surface area contributed by atoms with Crippen LogP contribution in [-0.4, -0.2) is 23.9 Å². The van der Waals surface area contributed by atoms with Gasteiger partial charge in [0.15, 0.2) is 0 Å². The first-order chi connectivity index (χ1) is 27.8. The van der Waals surface area contributed by atoms with Crippen LogP contribution in [-0.2, 0) is 0 Å². The fraction of sp³-hybridized carbons (Fsp3) is 0. The van der Waals surface area contributed by atoms with E-state index in [0.717, 1.165) is 89.3 Å². The fourth-order valence-electron chi connectivity index (χ4n) is 8.82. The van der Waals surface area contributed by atoms with E-state index < -0.39 is 0 Å². The summed E-state index contributed by atoms with van der Waals surface area (Å²) in [6.45, 7) is 0. The van der Waals surface area contributed by atoms with Crippen LogP contribution < -0.4 is 0 Å². The zero-order valence-corrected chi connectivity index (χ0v) is 30.1. The van der Waals surface area contributed by atoms with Crippen molar-refractivity contribution in [1.29, 1.82) is 0 Å². The largest absolute Gasteiger partial charge is 0.308 e. The van der Waals surface area contributed by atoms with Crippen LogP contribution in [0.2, 0.25) is 0 Å². The Labute approximate surface area is 321 Å². The number of imidazole rings is 1. The topological polar surface area (TPSA) is 48.0 Å². The summed E-state index contributed by atoms with van der Waals surface area (Å²) in [5.74, 6) is 0.933.